The van der Waals surface area contributed by atoms with Crippen LogP contribution < -0.4 is 15.4 Å². The van der Waals surface area contributed by atoms with Crippen LogP contribution in [0.25, 0.3) is 0 Å². The van der Waals surface area contributed by atoms with E-state index in [1.165, 1.54) is 0 Å². The van der Waals surface area contributed by atoms with Gasteiger partial charge in [-0.2, -0.15) is 0 Å². The van der Waals surface area contributed by atoms with Gasteiger partial charge in [-0.15, -0.1) is 0 Å². The van der Waals surface area contributed by atoms with Gasteiger partial charge in [-0.05, 0) is 31.0 Å². The van der Waals surface area contributed by atoms with Crippen molar-refractivity contribution in [2.45, 2.75) is 40.3 Å². The molecular formula is C15H24N2O2. The van der Waals surface area contributed by atoms with Gasteiger partial charge in [-0.25, -0.2) is 0 Å². The van der Waals surface area contributed by atoms with Crippen molar-refractivity contribution >= 4 is 5.91 Å². The molecule has 0 heterocycles. The minimum atomic E-state index is 0.0141. The summed E-state index contributed by atoms with van der Waals surface area (Å²) in [4.78, 5) is 11.6. The molecule has 0 aromatic heterocycles. The van der Waals surface area contributed by atoms with Crippen molar-refractivity contribution in [3.8, 4) is 5.75 Å². The highest BCUT2D eigenvalue weighted by molar-refractivity contribution is 5.78. The first-order valence-electron chi connectivity index (χ1n) is 6.75. The van der Waals surface area contributed by atoms with Gasteiger partial charge in [0, 0.05) is 12.6 Å². The molecule has 1 aromatic rings. The van der Waals surface area contributed by atoms with E-state index in [4.69, 9.17) is 4.74 Å². The zero-order valence-electron chi connectivity index (χ0n) is 12.2. The molecule has 0 atom stereocenters. The topological polar surface area (TPSA) is 50.4 Å². The number of aryl methyl sites for hydroxylation is 1. The van der Waals surface area contributed by atoms with Crippen molar-refractivity contribution in [3.05, 3.63) is 29.3 Å². The third-order valence-corrected chi connectivity index (χ3v) is 2.70. The van der Waals surface area contributed by atoms with Crippen LogP contribution in [-0.2, 0) is 11.3 Å². The fourth-order valence-corrected chi connectivity index (χ4v) is 1.70. The molecule has 0 saturated heterocycles. The molecule has 0 saturated carbocycles. The number of amides is 1. The van der Waals surface area contributed by atoms with Crippen molar-refractivity contribution in [1.82, 2.24) is 10.6 Å². The molecule has 0 fully saturated rings. The Hall–Kier alpha value is -1.55. The van der Waals surface area contributed by atoms with Crippen molar-refractivity contribution in [1.29, 1.82) is 0 Å². The van der Waals surface area contributed by atoms with Crippen molar-refractivity contribution in [3.63, 3.8) is 0 Å². The molecule has 0 unspecified atom stereocenters. The molecule has 0 aliphatic carbocycles. The standard InChI is InChI=1S/C15H24N2O2/c1-5-19-14-7-6-13(8-12(14)4)9-17-15(18)10-16-11(2)3/h6-8,11,16H,5,9-10H2,1-4H3,(H,17,18). The van der Waals surface area contributed by atoms with Gasteiger partial charge in [0.05, 0.1) is 13.2 Å². The SMILES string of the molecule is CCOc1ccc(CNC(=O)CNC(C)C)cc1C. The molecule has 0 bridgehead atoms. The van der Waals surface area contributed by atoms with E-state index in [0.29, 0.717) is 25.7 Å². The van der Waals surface area contributed by atoms with Crippen LogP contribution in [0.3, 0.4) is 0 Å². The highest BCUT2D eigenvalue weighted by atomic mass is 16.5. The molecule has 19 heavy (non-hydrogen) atoms. The molecule has 4 heteroatoms. The van der Waals surface area contributed by atoms with Crippen LogP contribution >= 0.6 is 0 Å². The highest BCUT2D eigenvalue weighted by Crippen LogP contribution is 2.18. The van der Waals surface area contributed by atoms with Crippen molar-refractivity contribution < 1.29 is 9.53 Å². The monoisotopic (exact) mass is 264 g/mol. The Morgan fingerprint density at radius 2 is 2.11 bits per heavy atom. The molecule has 1 amide bonds. The maximum Gasteiger partial charge on any atom is 0.234 e. The van der Waals surface area contributed by atoms with Gasteiger partial charge in [-0.1, -0.05) is 26.0 Å². The van der Waals surface area contributed by atoms with Crippen LogP contribution in [-0.4, -0.2) is 25.1 Å². The molecule has 0 aliphatic heterocycles. The van der Waals surface area contributed by atoms with E-state index in [-0.39, 0.29) is 5.91 Å². The number of benzene rings is 1. The third kappa shape index (κ3) is 5.75. The van der Waals surface area contributed by atoms with Crippen LogP contribution in [0.1, 0.15) is 31.9 Å². The lowest BCUT2D eigenvalue weighted by atomic mass is 10.1. The first-order valence-corrected chi connectivity index (χ1v) is 6.75. The van der Waals surface area contributed by atoms with Crippen LogP contribution in [0, 0.1) is 6.92 Å². The Labute approximate surface area is 115 Å². The molecule has 4 nitrogen and oxygen atoms in total. The Bertz CT molecular complexity index is 417. The summed E-state index contributed by atoms with van der Waals surface area (Å²) in [7, 11) is 0. The number of hydrogen-bond donors (Lipinski definition) is 2. The largest absolute Gasteiger partial charge is 0.494 e. The van der Waals surface area contributed by atoms with Crippen LogP contribution in [0.5, 0.6) is 5.75 Å². The number of ether oxygens (including phenoxy) is 1. The Balaban J connectivity index is 2.45. The van der Waals surface area contributed by atoms with Gasteiger partial charge in [0.15, 0.2) is 0 Å². The van der Waals surface area contributed by atoms with Gasteiger partial charge < -0.3 is 15.4 Å². The van der Waals surface area contributed by atoms with E-state index < -0.39 is 0 Å². The molecule has 1 rings (SSSR count). The maximum absolute atomic E-state index is 11.6. The van der Waals surface area contributed by atoms with E-state index in [9.17, 15) is 4.79 Å². The second kappa shape index (κ2) is 7.79. The number of rotatable bonds is 7. The van der Waals surface area contributed by atoms with E-state index in [2.05, 4.69) is 10.6 Å². The van der Waals surface area contributed by atoms with Gasteiger partial charge in [0.1, 0.15) is 5.75 Å². The second-order valence-electron chi connectivity index (χ2n) is 4.85. The lowest BCUT2D eigenvalue weighted by molar-refractivity contribution is -0.120. The summed E-state index contributed by atoms with van der Waals surface area (Å²) < 4.78 is 5.48. The maximum atomic E-state index is 11.6. The molecule has 2 N–H and O–H groups in total. The van der Waals surface area contributed by atoms with Crippen LogP contribution in [0.2, 0.25) is 0 Å². The number of carbonyl (C=O) groups is 1. The van der Waals surface area contributed by atoms with Crippen molar-refractivity contribution in [2.24, 2.45) is 0 Å². The lowest BCUT2D eigenvalue weighted by Crippen LogP contribution is -2.36. The first kappa shape index (κ1) is 15.5. The summed E-state index contributed by atoms with van der Waals surface area (Å²) >= 11 is 0. The van der Waals surface area contributed by atoms with E-state index in [0.717, 1.165) is 16.9 Å². The fraction of sp³-hybridized carbons (Fsp3) is 0.533. The summed E-state index contributed by atoms with van der Waals surface area (Å²) in [5.41, 5.74) is 2.17. The predicted octanol–water partition coefficient (Wildman–Crippen LogP) is 2.01. The Morgan fingerprint density at radius 1 is 1.37 bits per heavy atom. The molecule has 0 spiro atoms. The zero-order valence-corrected chi connectivity index (χ0v) is 12.2. The van der Waals surface area contributed by atoms with Crippen molar-refractivity contribution in [2.75, 3.05) is 13.2 Å². The summed E-state index contributed by atoms with van der Waals surface area (Å²) in [6.07, 6.45) is 0. The van der Waals surface area contributed by atoms with Crippen LogP contribution in [0.4, 0.5) is 0 Å². The normalized spacial score (nSPS) is 10.6. The molecule has 0 radical (unpaired) electrons. The Morgan fingerprint density at radius 3 is 2.68 bits per heavy atom. The number of nitrogens with one attached hydrogen (secondary N) is 2. The van der Waals surface area contributed by atoms with Gasteiger partial charge in [0.25, 0.3) is 0 Å². The average Bonchev–Trinajstić information content (AvgIpc) is 2.37. The summed E-state index contributed by atoms with van der Waals surface area (Å²) in [6.45, 7) is 9.58. The predicted molar refractivity (Wildman–Crippen MR) is 77.3 cm³/mol. The minimum absolute atomic E-state index is 0.0141. The molecular weight excluding hydrogens is 240 g/mol. The highest BCUT2D eigenvalue weighted by Gasteiger charge is 2.04. The first-order chi connectivity index (χ1) is 9.02. The minimum Gasteiger partial charge on any atom is -0.494 e. The lowest BCUT2D eigenvalue weighted by Gasteiger charge is -2.11. The third-order valence-electron chi connectivity index (χ3n) is 2.70. The summed E-state index contributed by atoms with van der Waals surface area (Å²) in [6, 6.07) is 6.29. The summed E-state index contributed by atoms with van der Waals surface area (Å²) in [5, 5.41) is 5.98. The Kier molecular flexibility index (Phi) is 6.36. The van der Waals surface area contributed by atoms with Gasteiger partial charge in [0.2, 0.25) is 5.91 Å². The van der Waals surface area contributed by atoms with E-state index >= 15 is 0 Å². The smallest absolute Gasteiger partial charge is 0.234 e. The van der Waals surface area contributed by atoms with E-state index in [1.54, 1.807) is 0 Å². The summed E-state index contributed by atoms with van der Waals surface area (Å²) in [5.74, 6) is 0.916. The molecule has 106 valence electrons. The fourth-order valence-electron chi connectivity index (χ4n) is 1.70. The number of hydrogen-bond acceptors (Lipinski definition) is 3. The molecule has 0 aliphatic rings. The van der Waals surface area contributed by atoms with E-state index in [1.807, 2.05) is 45.9 Å². The molecule has 1 aromatic carbocycles. The quantitative estimate of drug-likeness (QED) is 0.792. The average molecular weight is 264 g/mol. The van der Waals surface area contributed by atoms with Crippen LogP contribution in [0.15, 0.2) is 18.2 Å². The van der Waals surface area contributed by atoms with Gasteiger partial charge in [-0.3, -0.25) is 4.79 Å². The zero-order chi connectivity index (χ0) is 14.3. The van der Waals surface area contributed by atoms with Gasteiger partial charge >= 0.3 is 0 Å². The number of carbonyl (C=O) groups excluding carboxylic acids is 1. The second-order valence-corrected chi connectivity index (χ2v) is 4.85.